The number of amides is 3. The molecular formula is C22H37N3O3. The lowest BCUT2D eigenvalue weighted by Crippen LogP contribution is -2.43. The third-order valence-electron chi connectivity index (χ3n) is 4.65. The number of rotatable bonds is 15. The average molecular weight is 392 g/mol. The van der Waals surface area contributed by atoms with Gasteiger partial charge in [0.2, 0.25) is 5.91 Å². The summed E-state index contributed by atoms with van der Waals surface area (Å²) in [5.74, 6) is -0.00871. The van der Waals surface area contributed by atoms with E-state index in [1.54, 1.807) is 24.3 Å². The third-order valence-corrected chi connectivity index (χ3v) is 4.65. The molecular weight excluding hydrogens is 354 g/mol. The summed E-state index contributed by atoms with van der Waals surface area (Å²) in [7, 11) is 0. The minimum atomic E-state index is -0.263. The number of carbonyl (C=O) groups excluding carboxylic acids is 2. The van der Waals surface area contributed by atoms with Crippen LogP contribution < -0.4 is 16.0 Å². The molecule has 0 aliphatic rings. The molecule has 6 heteroatoms. The maximum atomic E-state index is 11.8. The first kappa shape index (κ1) is 23.8. The highest BCUT2D eigenvalue weighted by Crippen LogP contribution is 2.10. The molecule has 0 heterocycles. The van der Waals surface area contributed by atoms with E-state index >= 15 is 0 Å². The molecule has 158 valence electrons. The molecule has 0 bridgehead atoms. The number of urea groups is 1. The van der Waals surface area contributed by atoms with Gasteiger partial charge in [-0.05, 0) is 24.1 Å². The lowest BCUT2D eigenvalue weighted by atomic mass is 10.1. The fourth-order valence-corrected chi connectivity index (χ4v) is 2.96. The molecule has 1 aromatic rings. The number of phenolic OH excluding ortho intramolecular Hbond substituents is 1. The number of aromatic hydroxyl groups is 1. The van der Waals surface area contributed by atoms with Crippen molar-refractivity contribution in [1.29, 1.82) is 0 Å². The van der Waals surface area contributed by atoms with Crippen LogP contribution in [0.15, 0.2) is 24.3 Å². The second kappa shape index (κ2) is 15.8. The summed E-state index contributed by atoms with van der Waals surface area (Å²) < 4.78 is 0. The lowest BCUT2D eigenvalue weighted by Gasteiger charge is -2.09. The minimum absolute atomic E-state index is 0.0980. The second-order valence-electron chi connectivity index (χ2n) is 7.23. The topological polar surface area (TPSA) is 90.5 Å². The van der Waals surface area contributed by atoms with Crippen LogP contribution in [0.3, 0.4) is 0 Å². The molecule has 0 unspecified atom stereocenters. The van der Waals surface area contributed by atoms with E-state index in [1.165, 1.54) is 51.4 Å². The van der Waals surface area contributed by atoms with Gasteiger partial charge in [0.15, 0.2) is 0 Å². The summed E-state index contributed by atoms with van der Waals surface area (Å²) in [5.41, 5.74) is 0.806. The monoisotopic (exact) mass is 391 g/mol. The molecule has 0 saturated heterocycles. The Hall–Kier alpha value is -2.24. The van der Waals surface area contributed by atoms with Crippen LogP contribution in [-0.2, 0) is 11.2 Å². The molecule has 0 spiro atoms. The van der Waals surface area contributed by atoms with Crippen molar-refractivity contribution in [3.63, 3.8) is 0 Å². The Kier molecular flexibility index (Phi) is 13.4. The van der Waals surface area contributed by atoms with Crippen molar-refractivity contribution >= 4 is 11.9 Å². The Morgan fingerprint density at radius 1 is 0.786 bits per heavy atom. The van der Waals surface area contributed by atoms with Crippen LogP contribution in [0, 0.1) is 0 Å². The molecule has 6 nitrogen and oxygen atoms in total. The van der Waals surface area contributed by atoms with E-state index in [0.717, 1.165) is 18.4 Å². The zero-order chi connectivity index (χ0) is 20.5. The Labute approximate surface area is 169 Å². The highest BCUT2D eigenvalue weighted by atomic mass is 16.3. The van der Waals surface area contributed by atoms with Crippen LogP contribution in [-0.4, -0.2) is 30.3 Å². The van der Waals surface area contributed by atoms with Gasteiger partial charge in [0.05, 0.1) is 13.1 Å². The van der Waals surface area contributed by atoms with Gasteiger partial charge in [-0.1, -0.05) is 76.8 Å². The molecule has 0 atom stereocenters. The van der Waals surface area contributed by atoms with Gasteiger partial charge in [-0.15, -0.1) is 0 Å². The molecule has 0 saturated carbocycles. The first-order chi connectivity index (χ1) is 13.6. The van der Waals surface area contributed by atoms with Crippen molar-refractivity contribution in [3.05, 3.63) is 29.8 Å². The smallest absolute Gasteiger partial charge is 0.316 e. The maximum Gasteiger partial charge on any atom is 0.316 e. The number of carbonyl (C=O) groups is 2. The second-order valence-corrected chi connectivity index (χ2v) is 7.23. The average Bonchev–Trinajstić information content (AvgIpc) is 2.68. The molecule has 1 rings (SSSR count). The number of nitrogens with one attached hydrogen (secondary N) is 3. The van der Waals surface area contributed by atoms with E-state index in [2.05, 4.69) is 22.9 Å². The van der Waals surface area contributed by atoms with E-state index < -0.39 is 0 Å². The first-order valence-corrected chi connectivity index (χ1v) is 10.7. The summed E-state index contributed by atoms with van der Waals surface area (Å²) in [5, 5.41) is 17.3. The predicted octanol–water partition coefficient (Wildman–Crippen LogP) is 4.23. The van der Waals surface area contributed by atoms with Gasteiger partial charge in [0, 0.05) is 6.54 Å². The van der Waals surface area contributed by atoms with Gasteiger partial charge in [0.25, 0.3) is 0 Å². The largest absolute Gasteiger partial charge is 0.508 e. The fourth-order valence-electron chi connectivity index (χ4n) is 2.96. The Morgan fingerprint density at radius 2 is 1.36 bits per heavy atom. The van der Waals surface area contributed by atoms with E-state index in [4.69, 9.17) is 0 Å². The fraction of sp³-hybridized carbons (Fsp3) is 0.636. The van der Waals surface area contributed by atoms with Crippen molar-refractivity contribution in [2.45, 2.75) is 77.6 Å². The van der Waals surface area contributed by atoms with E-state index in [9.17, 15) is 14.7 Å². The standard InChI is InChI=1S/C22H37N3O3/c1-2-3-4-5-6-7-8-9-10-11-16-23-22(28)25-18-24-21(27)17-19-12-14-20(26)15-13-19/h12-15,26H,2-11,16-18H2,1H3,(H,24,27)(H2,23,25,28). The zero-order valence-corrected chi connectivity index (χ0v) is 17.3. The van der Waals surface area contributed by atoms with Crippen LogP contribution in [0.2, 0.25) is 0 Å². The van der Waals surface area contributed by atoms with Gasteiger partial charge in [-0.2, -0.15) is 0 Å². The Morgan fingerprint density at radius 3 is 1.96 bits per heavy atom. The molecule has 0 fully saturated rings. The van der Waals surface area contributed by atoms with Crippen LogP contribution in [0.5, 0.6) is 5.75 Å². The van der Waals surface area contributed by atoms with Crippen molar-refractivity contribution in [2.24, 2.45) is 0 Å². The van der Waals surface area contributed by atoms with Crippen molar-refractivity contribution in [2.75, 3.05) is 13.2 Å². The number of hydrogen-bond acceptors (Lipinski definition) is 3. The predicted molar refractivity (Wildman–Crippen MR) is 113 cm³/mol. The van der Waals surface area contributed by atoms with Crippen LogP contribution >= 0.6 is 0 Å². The van der Waals surface area contributed by atoms with Gasteiger partial charge in [-0.3, -0.25) is 4.79 Å². The first-order valence-electron chi connectivity index (χ1n) is 10.7. The molecule has 1 aromatic carbocycles. The molecule has 0 aliphatic heterocycles. The number of hydrogen-bond donors (Lipinski definition) is 4. The Balaban J connectivity index is 1.91. The minimum Gasteiger partial charge on any atom is -0.508 e. The summed E-state index contributed by atoms with van der Waals surface area (Å²) in [4.78, 5) is 23.5. The molecule has 0 radical (unpaired) electrons. The van der Waals surface area contributed by atoms with Crippen LogP contribution in [0.1, 0.15) is 76.7 Å². The normalized spacial score (nSPS) is 10.5. The molecule has 28 heavy (non-hydrogen) atoms. The van der Waals surface area contributed by atoms with Crippen molar-refractivity contribution in [1.82, 2.24) is 16.0 Å². The quantitative estimate of drug-likeness (QED) is 0.266. The molecule has 0 aromatic heterocycles. The third kappa shape index (κ3) is 13.0. The SMILES string of the molecule is CCCCCCCCCCCCNC(=O)NCNC(=O)Cc1ccc(O)cc1. The summed E-state index contributed by atoms with van der Waals surface area (Å²) in [6, 6.07) is 6.22. The van der Waals surface area contributed by atoms with Gasteiger partial charge >= 0.3 is 6.03 Å². The number of phenols is 1. The van der Waals surface area contributed by atoms with Crippen LogP contribution in [0.4, 0.5) is 4.79 Å². The molecule has 3 amide bonds. The summed E-state index contributed by atoms with van der Waals surface area (Å²) in [6.45, 7) is 2.99. The van der Waals surface area contributed by atoms with Crippen molar-refractivity contribution in [3.8, 4) is 5.75 Å². The maximum absolute atomic E-state index is 11.8. The van der Waals surface area contributed by atoms with Crippen LogP contribution in [0.25, 0.3) is 0 Å². The molecule has 4 N–H and O–H groups in total. The molecule has 0 aliphatic carbocycles. The van der Waals surface area contributed by atoms with Gasteiger partial charge in [-0.25, -0.2) is 4.79 Å². The number of benzene rings is 1. The van der Waals surface area contributed by atoms with E-state index in [0.29, 0.717) is 6.54 Å². The Bertz CT molecular complexity index is 546. The van der Waals surface area contributed by atoms with Gasteiger partial charge in [0.1, 0.15) is 5.75 Å². The van der Waals surface area contributed by atoms with E-state index in [1.807, 2.05) is 0 Å². The highest BCUT2D eigenvalue weighted by Gasteiger charge is 2.04. The highest BCUT2D eigenvalue weighted by molar-refractivity contribution is 5.79. The van der Waals surface area contributed by atoms with Gasteiger partial charge < -0.3 is 21.1 Å². The lowest BCUT2D eigenvalue weighted by molar-refractivity contribution is -0.120. The number of unbranched alkanes of at least 4 members (excludes halogenated alkanes) is 9. The van der Waals surface area contributed by atoms with E-state index in [-0.39, 0.29) is 30.8 Å². The summed E-state index contributed by atoms with van der Waals surface area (Å²) >= 11 is 0. The zero-order valence-electron chi connectivity index (χ0n) is 17.3. The van der Waals surface area contributed by atoms with Crippen molar-refractivity contribution < 1.29 is 14.7 Å². The summed E-state index contributed by atoms with van der Waals surface area (Å²) in [6.07, 6.45) is 12.9.